The second-order valence-corrected chi connectivity index (χ2v) is 6.83. The normalized spacial score (nSPS) is 11.1. The van der Waals surface area contributed by atoms with Gasteiger partial charge >= 0.3 is 0 Å². The molecule has 3 rings (SSSR count). The molecule has 2 aromatic carbocycles. The molecule has 2 nitrogen and oxygen atoms in total. The predicted molar refractivity (Wildman–Crippen MR) is 99.8 cm³/mol. The Balaban J connectivity index is 2.04. The second-order valence-electron chi connectivity index (χ2n) is 5.20. The van der Waals surface area contributed by atoms with Crippen LogP contribution in [0.25, 0.3) is 16.7 Å². The average Bonchev–Trinajstić information content (AvgIpc) is 2.80. The number of hydrogen-bond donors (Lipinski definition) is 1. The number of hydrogen-bond acceptors (Lipinski definition) is 1. The third-order valence-electron chi connectivity index (χ3n) is 3.66. The van der Waals surface area contributed by atoms with Crippen LogP contribution in [0.4, 0.5) is 0 Å². The highest BCUT2D eigenvalue weighted by molar-refractivity contribution is 14.1. The van der Waals surface area contributed by atoms with Gasteiger partial charge in [0, 0.05) is 9.26 Å². The van der Waals surface area contributed by atoms with Gasteiger partial charge in [0.1, 0.15) is 0 Å². The number of benzene rings is 2. The number of unbranched alkanes of at least 4 members (excludes halogenated alkanes) is 1. The Morgan fingerprint density at radius 2 is 1.90 bits per heavy atom. The molecule has 4 heteroatoms. The van der Waals surface area contributed by atoms with Gasteiger partial charge in [-0.3, -0.25) is 4.57 Å². The number of halogens is 1. The lowest BCUT2D eigenvalue weighted by molar-refractivity contribution is 0.795. The van der Waals surface area contributed by atoms with Crippen molar-refractivity contribution in [2.24, 2.45) is 0 Å². The summed E-state index contributed by atoms with van der Waals surface area (Å²) < 4.78 is 4.05. The minimum Gasteiger partial charge on any atom is -0.330 e. The van der Waals surface area contributed by atoms with Crippen molar-refractivity contribution < 1.29 is 0 Å². The van der Waals surface area contributed by atoms with E-state index in [1.807, 2.05) is 0 Å². The SMILES string of the molecule is CCCCc1ccc(-n2c(=S)[nH]c3cc(I)ccc32)cc1. The smallest absolute Gasteiger partial charge is 0.182 e. The zero-order chi connectivity index (χ0) is 14.8. The molecule has 1 aromatic heterocycles. The highest BCUT2D eigenvalue weighted by atomic mass is 127. The van der Waals surface area contributed by atoms with E-state index in [1.165, 1.54) is 22.0 Å². The molecule has 0 bridgehead atoms. The Labute approximate surface area is 143 Å². The van der Waals surface area contributed by atoms with Gasteiger partial charge in [0.05, 0.1) is 11.0 Å². The van der Waals surface area contributed by atoms with Crippen LogP contribution in [-0.2, 0) is 6.42 Å². The first-order valence-corrected chi connectivity index (χ1v) is 8.67. The van der Waals surface area contributed by atoms with Gasteiger partial charge in [0.25, 0.3) is 0 Å². The van der Waals surface area contributed by atoms with Crippen LogP contribution in [0.2, 0.25) is 0 Å². The number of fused-ring (bicyclic) bond motifs is 1. The third-order valence-corrected chi connectivity index (χ3v) is 4.61. The summed E-state index contributed by atoms with van der Waals surface area (Å²) in [7, 11) is 0. The molecular weight excluding hydrogens is 391 g/mol. The predicted octanol–water partition coefficient (Wildman–Crippen LogP) is 5.64. The van der Waals surface area contributed by atoms with E-state index in [4.69, 9.17) is 12.2 Å². The molecular formula is C17H17IN2S. The summed E-state index contributed by atoms with van der Waals surface area (Å²) in [5.41, 5.74) is 4.72. The van der Waals surface area contributed by atoms with Crippen LogP contribution in [0.15, 0.2) is 42.5 Å². The van der Waals surface area contributed by atoms with Crippen molar-refractivity contribution in [3.63, 3.8) is 0 Å². The molecule has 0 amide bonds. The first kappa shape index (κ1) is 14.8. The second kappa shape index (κ2) is 6.32. The molecule has 0 aliphatic rings. The molecule has 0 aliphatic heterocycles. The topological polar surface area (TPSA) is 20.7 Å². The Morgan fingerprint density at radius 3 is 2.62 bits per heavy atom. The molecule has 0 unspecified atom stereocenters. The molecule has 1 heterocycles. The summed E-state index contributed by atoms with van der Waals surface area (Å²) >= 11 is 7.80. The molecule has 0 saturated heterocycles. The fourth-order valence-corrected chi connectivity index (χ4v) is 3.34. The molecule has 0 saturated carbocycles. The summed E-state index contributed by atoms with van der Waals surface area (Å²) in [6.07, 6.45) is 3.62. The number of H-pyrrole nitrogens is 1. The van der Waals surface area contributed by atoms with E-state index in [1.54, 1.807) is 0 Å². The standard InChI is InChI=1S/C17H17IN2S/c1-2-3-4-12-5-8-14(9-6-12)20-16-10-7-13(18)11-15(16)19-17(20)21/h5-11H,2-4H2,1H3,(H,19,21). The Bertz CT molecular complexity index is 815. The molecule has 0 fully saturated rings. The Morgan fingerprint density at radius 1 is 1.14 bits per heavy atom. The largest absolute Gasteiger partial charge is 0.330 e. The van der Waals surface area contributed by atoms with Gasteiger partial charge in [0.2, 0.25) is 0 Å². The van der Waals surface area contributed by atoms with Crippen molar-refractivity contribution in [1.82, 2.24) is 9.55 Å². The summed E-state index contributed by atoms with van der Waals surface area (Å²) in [4.78, 5) is 3.29. The quantitative estimate of drug-likeness (QED) is 0.438. The van der Waals surface area contributed by atoms with Gasteiger partial charge in [-0.2, -0.15) is 0 Å². The number of nitrogens with one attached hydrogen (secondary N) is 1. The lowest BCUT2D eigenvalue weighted by Crippen LogP contribution is -1.94. The van der Waals surface area contributed by atoms with E-state index < -0.39 is 0 Å². The van der Waals surface area contributed by atoms with Crippen LogP contribution >= 0.6 is 34.8 Å². The number of imidazole rings is 1. The van der Waals surface area contributed by atoms with Crippen LogP contribution in [0.3, 0.4) is 0 Å². The third kappa shape index (κ3) is 3.06. The van der Waals surface area contributed by atoms with Crippen LogP contribution in [0.1, 0.15) is 25.3 Å². The van der Waals surface area contributed by atoms with E-state index in [2.05, 4.69) is 81.5 Å². The number of nitrogens with zero attached hydrogens (tertiary/aromatic N) is 1. The van der Waals surface area contributed by atoms with Gasteiger partial charge < -0.3 is 4.98 Å². The van der Waals surface area contributed by atoms with E-state index in [-0.39, 0.29) is 0 Å². The maximum Gasteiger partial charge on any atom is 0.182 e. The highest BCUT2D eigenvalue weighted by Crippen LogP contribution is 2.22. The van der Waals surface area contributed by atoms with E-state index >= 15 is 0 Å². The van der Waals surface area contributed by atoms with Crippen molar-refractivity contribution in [1.29, 1.82) is 0 Å². The number of aromatic amines is 1. The highest BCUT2D eigenvalue weighted by Gasteiger charge is 2.06. The fraction of sp³-hybridized carbons (Fsp3) is 0.235. The molecule has 0 aliphatic carbocycles. The van der Waals surface area contributed by atoms with Gasteiger partial charge in [-0.15, -0.1) is 0 Å². The zero-order valence-electron chi connectivity index (χ0n) is 11.9. The van der Waals surface area contributed by atoms with Gasteiger partial charge in [0.15, 0.2) is 4.77 Å². The van der Waals surface area contributed by atoms with E-state index in [0.717, 1.165) is 27.9 Å². The maximum absolute atomic E-state index is 5.49. The molecule has 108 valence electrons. The van der Waals surface area contributed by atoms with Crippen LogP contribution in [0, 0.1) is 8.34 Å². The van der Waals surface area contributed by atoms with Crippen molar-refractivity contribution in [3.8, 4) is 5.69 Å². The van der Waals surface area contributed by atoms with Crippen molar-refractivity contribution in [2.75, 3.05) is 0 Å². The van der Waals surface area contributed by atoms with Gasteiger partial charge in [-0.1, -0.05) is 25.5 Å². The number of rotatable bonds is 4. The molecule has 0 atom stereocenters. The molecule has 1 N–H and O–H groups in total. The number of aromatic nitrogens is 2. The van der Waals surface area contributed by atoms with Crippen molar-refractivity contribution in [2.45, 2.75) is 26.2 Å². The summed E-state index contributed by atoms with van der Waals surface area (Å²) in [6, 6.07) is 15.1. The summed E-state index contributed by atoms with van der Waals surface area (Å²) in [5.74, 6) is 0. The van der Waals surface area contributed by atoms with Crippen molar-refractivity contribution in [3.05, 3.63) is 56.4 Å². The number of aryl methyl sites for hydroxylation is 1. The Hall–Kier alpha value is -1.14. The van der Waals surface area contributed by atoms with Crippen LogP contribution in [0.5, 0.6) is 0 Å². The van der Waals surface area contributed by atoms with E-state index in [0.29, 0.717) is 0 Å². The monoisotopic (exact) mass is 408 g/mol. The van der Waals surface area contributed by atoms with E-state index in [9.17, 15) is 0 Å². The Kier molecular flexibility index (Phi) is 4.45. The van der Waals surface area contributed by atoms with Gasteiger partial charge in [-0.05, 0) is 83.5 Å². The molecule has 21 heavy (non-hydrogen) atoms. The molecule has 0 spiro atoms. The average molecular weight is 408 g/mol. The van der Waals surface area contributed by atoms with Crippen LogP contribution < -0.4 is 0 Å². The maximum atomic E-state index is 5.49. The zero-order valence-corrected chi connectivity index (χ0v) is 14.9. The summed E-state index contributed by atoms with van der Waals surface area (Å²) in [5, 5.41) is 0. The molecule has 3 aromatic rings. The van der Waals surface area contributed by atoms with Crippen molar-refractivity contribution >= 4 is 45.8 Å². The minimum absolute atomic E-state index is 0.744. The first-order chi connectivity index (χ1) is 10.2. The lowest BCUT2D eigenvalue weighted by atomic mass is 10.1. The fourth-order valence-electron chi connectivity index (χ4n) is 2.53. The first-order valence-electron chi connectivity index (χ1n) is 7.18. The summed E-state index contributed by atoms with van der Waals surface area (Å²) in [6.45, 7) is 2.22. The van der Waals surface area contributed by atoms with Gasteiger partial charge in [-0.25, -0.2) is 0 Å². The molecule has 0 radical (unpaired) electrons. The minimum atomic E-state index is 0.744. The van der Waals surface area contributed by atoms with Crippen LogP contribution in [-0.4, -0.2) is 9.55 Å². The lowest BCUT2D eigenvalue weighted by Gasteiger charge is -2.06.